The minimum Gasteiger partial charge on any atom is -0.481 e. The topological polar surface area (TPSA) is 83.6 Å². The molecule has 0 spiro atoms. The number of nitrogens with one attached hydrogen (secondary N) is 2. The lowest BCUT2D eigenvalue weighted by Gasteiger charge is -2.26. The molecule has 2 aromatic rings. The van der Waals surface area contributed by atoms with Crippen LogP contribution in [0.5, 0.6) is 5.88 Å². The SMILES string of the molecule is COc1ccc(NC(=O)NC(CN2CCCC2=O)c2cccc(C(F)(F)F)c2)cn1. The molecule has 1 aromatic heterocycles. The van der Waals surface area contributed by atoms with E-state index in [0.717, 1.165) is 12.1 Å². The fourth-order valence-corrected chi connectivity index (χ4v) is 3.18. The number of nitrogens with zero attached hydrogens (tertiary/aromatic N) is 2. The second kappa shape index (κ2) is 9.02. The number of amides is 3. The average Bonchev–Trinajstić information content (AvgIpc) is 3.12. The van der Waals surface area contributed by atoms with Gasteiger partial charge in [0.1, 0.15) is 0 Å². The van der Waals surface area contributed by atoms with E-state index in [0.29, 0.717) is 31.0 Å². The maximum atomic E-state index is 13.1. The van der Waals surface area contributed by atoms with E-state index < -0.39 is 23.8 Å². The molecule has 2 N–H and O–H groups in total. The largest absolute Gasteiger partial charge is 0.481 e. The molecular weight excluding hydrogens is 401 g/mol. The minimum absolute atomic E-state index is 0.0778. The first kappa shape index (κ1) is 21.4. The number of benzene rings is 1. The molecule has 1 aliphatic heterocycles. The van der Waals surface area contributed by atoms with Gasteiger partial charge in [-0.2, -0.15) is 13.2 Å². The Morgan fingerprint density at radius 3 is 2.70 bits per heavy atom. The van der Waals surface area contributed by atoms with Crippen molar-refractivity contribution in [1.82, 2.24) is 15.2 Å². The van der Waals surface area contributed by atoms with E-state index in [2.05, 4.69) is 15.6 Å². The normalized spacial score (nSPS) is 15.1. The van der Waals surface area contributed by atoms with Gasteiger partial charge in [0.15, 0.2) is 0 Å². The number of methoxy groups -OCH3 is 1. The van der Waals surface area contributed by atoms with Crippen LogP contribution in [0.3, 0.4) is 0 Å². The van der Waals surface area contributed by atoms with Crippen molar-refractivity contribution in [3.63, 3.8) is 0 Å². The maximum absolute atomic E-state index is 13.1. The standard InChI is InChI=1S/C20H21F3N4O3/c1-30-17-8-7-15(11-24-17)25-19(29)26-16(12-27-9-3-6-18(27)28)13-4-2-5-14(10-13)20(21,22)23/h2,4-5,7-8,10-11,16H,3,6,9,12H2,1H3,(H2,25,26,29). The number of halogens is 3. The van der Waals surface area contributed by atoms with Crippen LogP contribution in [-0.4, -0.2) is 42.0 Å². The van der Waals surface area contributed by atoms with Gasteiger partial charge in [-0.1, -0.05) is 12.1 Å². The van der Waals surface area contributed by atoms with Gasteiger partial charge < -0.3 is 20.3 Å². The Labute approximate surface area is 171 Å². The number of rotatable bonds is 6. The van der Waals surface area contributed by atoms with Crippen molar-refractivity contribution in [2.75, 3.05) is 25.5 Å². The molecule has 3 rings (SSSR count). The molecule has 7 nitrogen and oxygen atoms in total. The Morgan fingerprint density at radius 1 is 1.30 bits per heavy atom. The minimum atomic E-state index is -4.51. The van der Waals surface area contributed by atoms with Crippen LogP contribution in [0, 0.1) is 0 Å². The Hall–Kier alpha value is -3.30. The van der Waals surface area contributed by atoms with Crippen LogP contribution in [0.4, 0.5) is 23.7 Å². The van der Waals surface area contributed by atoms with Crippen LogP contribution in [0.1, 0.15) is 30.0 Å². The van der Waals surface area contributed by atoms with E-state index in [1.165, 1.54) is 25.4 Å². The van der Waals surface area contributed by atoms with Crippen LogP contribution < -0.4 is 15.4 Å². The van der Waals surface area contributed by atoms with Gasteiger partial charge in [0.05, 0.1) is 30.6 Å². The second-order valence-electron chi connectivity index (χ2n) is 6.81. The van der Waals surface area contributed by atoms with Crippen molar-refractivity contribution in [2.45, 2.75) is 25.1 Å². The number of carbonyl (C=O) groups excluding carboxylic acids is 2. The number of alkyl halides is 3. The highest BCUT2D eigenvalue weighted by Gasteiger charge is 2.32. The summed E-state index contributed by atoms with van der Waals surface area (Å²) in [4.78, 5) is 30.0. The second-order valence-corrected chi connectivity index (χ2v) is 6.81. The highest BCUT2D eigenvalue weighted by molar-refractivity contribution is 5.89. The molecule has 10 heteroatoms. The summed E-state index contributed by atoms with van der Waals surface area (Å²) in [6.45, 7) is 0.578. The smallest absolute Gasteiger partial charge is 0.416 e. The van der Waals surface area contributed by atoms with Crippen LogP contribution in [0.15, 0.2) is 42.6 Å². The molecule has 0 aliphatic carbocycles. The van der Waals surface area contributed by atoms with Crippen LogP contribution >= 0.6 is 0 Å². The van der Waals surface area contributed by atoms with Crippen molar-refractivity contribution in [3.8, 4) is 5.88 Å². The highest BCUT2D eigenvalue weighted by Crippen LogP contribution is 2.31. The van der Waals surface area contributed by atoms with Crippen LogP contribution in [0.25, 0.3) is 0 Å². The number of likely N-dealkylation sites (tertiary alicyclic amines) is 1. The lowest BCUT2D eigenvalue weighted by Crippen LogP contribution is -2.40. The number of carbonyl (C=O) groups is 2. The molecule has 0 bridgehead atoms. The number of urea groups is 1. The van der Waals surface area contributed by atoms with Gasteiger partial charge in [-0.3, -0.25) is 4.79 Å². The van der Waals surface area contributed by atoms with Gasteiger partial charge in [-0.15, -0.1) is 0 Å². The summed E-state index contributed by atoms with van der Waals surface area (Å²) in [6, 6.07) is 6.42. The maximum Gasteiger partial charge on any atom is 0.416 e. The number of ether oxygens (including phenoxy) is 1. The van der Waals surface area contributed by atoms with E-state index in [-0.39, 0.29) is 18.0 Å². The van der Waals surface area contributed by atoms with Crippen molar-refractivity contribution >= 4 is 17.6 Å². The Balaban J connectivity index is 1.78. The summed E-state index contributed by atoms with van der Waals surface area (Å²) in [6.07, 6.45) is -2.06. The molecular formula is C20H21F3N4O3. The van der Waals surface area contributed by atoms with E-state index in [1.54, 1.807) is 17.0 Å². The zero-order chi connectivity index (χ0) is 21.7. The fourth-order valence-electron chi connectivity index (χ4n) is 3.18. The predicted octanol–water partition coefficient (Wildman–Crippen LogP) is 3.59. The first-order chi connectivity index (χ1) is 14.3. The lowest BCUT2D eigenvalue weighted by atomic mass is 10.0. The summed E-state index contributed by atoms with van der Waals surface area (Å²) in [5.74, 6) is 0.281. The van der Waals surface area contributed by atoms with Gasteiger partial charge in [0.2, 0.25) is 11.8 Å². The summed E-state index contributed by atoms with van der Waals surface area (Å²) < 4.78 is 44.3. The summed E-state index contributed by atoms with van der Waals surface area (Å²) >= 11 is 0. The molecule has 0 radical (unpaired) electrons. The number of aromatic nitrogens is 1. The zero-order valence-electron chi connectivity index (χ0n) is 16.2. The third-order valence-electron chi connectivity index (χ3n) is 4.70. The van der Waals surface area contributed by atoms with Gasteiger partial charge in [0, 0.05) is 25.6 Å². The number of hydrogen-bond donors (Lipinski definition) is 2. The molecule has 1 aromatic carbocycles. The molecule has 1 atom stereocenters. The third-order valence-corrected chi connectivity index (χ3v) is 4.70. The molecule has 0 saturated carbocycles. The van der Waals surface area contributed by atoms with Crippen molar-refractivity contribution in [2.24, 2.45) is 0 Å². The summed E-state index contributed by atoms with van der Waals surface area (Å²) in [7, 11) is 1.46. The van der Waals surface area contributed by atoms with Crippen LogP contribution in [-0.2, 0) is 11.0 Å². The molecule has 1 aliphatic rings. The fraction of sp³-hybridized carbons (Fsp3) is 0.350. The molecule has 1 fully saturated rings. The zero-order valence-corrected chi connectivity index (χ0v) is 16.2. The molecule has 3 amide bonds. The quantitative estimate of drug-likeness (QED) is 0.745. The van der Waals surface area contributed by atoms with Crippen molar-refractivity contribution < 1.29 is 27.5 Å². The van der Waals surface area contributed by atoms with Gasteiger partial charge >= 0.3 is 12.2 Å². The van der Waals surface area contributed by atoms with E-state index in [4.69, 9.17) is 4.74 Å². The Bertz CT molecular complexity index is 903. The summed E-state index contributed by atoms with van der Waals surface area (Å²) in [5, 5.41) is 5.25. The number of hydrogen-bond acceptors (Lipinski definition) is 4. The molecule has 2 heterocycles. The Morgan fingerprint density at radius 2 is 2.10 bits per heavy atom. The van der Waals surface area contributed by atoms with Crippen molar-refractivity contribution in [1.29, 1.82) is 0 Å². The average molecular weight is 422 g/mol. The third kappa shape index (κ3) is 5.40. The monoisotopic (exact) mass is 422 g/mol. The van der Waals surface area contributed by atoms with Crippen molar-refractivity contribution in [3.05, 3.63) is 53.7 Å². The van der Waals surface area contributed by atoms with E-state index >= 15 is 0 Å². The van der Waals surface area contributed by atoms with Gasteiger partial charge in [0.25, 0.3) is 0 Å². The first-order valence-corrected chi connectivity index (χ1v) is 9.29. The highest BCUT2D eigenvalue weighted by atomic mass is 19.4. The molecule has 1 saturated heterocycles. The van der Waals surface area contributed by atoms with Gasteiger partial charge in [-0.05, 0) is 30.2 Å². The number of pyridine rings is 1. The lowest BCUT2D eigenvalue weighted by molar-refractivity contribution is -0.137. The summed E-state index contributed by atoms with van der Waals surface area (Å²) in [5.41, 5.74) is -0.180. The van der Waals surface area contributed by atoms with Crippen LogP contribution in [0.2, 0.25) is 0 Å². The van der Waals surface area contributed by atoms with E-state index in [1.807, 2.05) is 0 Å². The molecule has 30 heavy (non-hydrogen) atoms. The predicted molar refractivity (Wildman–Crippen MR) is 103 cm³/mol. The van der Waals surface area contributed by atoms with Gasteiger partial charge in [-0.25, -0.2) is 9.78 Å². The molecule has 160 valence electrons. The molecule has 1 unspecified atom stereocenters. The van der Waals surface area contributed by atoms with E-state index in [9.17, 15) is 22.8 Å². The number of anilines is 1. The first-order valence-electron chi connectivity index (χ1n) is 9.29. The Kier molecular flexibility index (Phi) is 6.43.